The van der Waals surface area contributed by atoms with Crippen molar-refractivity contribution >= 4 is 51.7 Å². The molecule has 0 aliphatic heterocycles. The zero-order valence-corrected chi connectivity index (χ0v) is 24.2. The molecule has 1 atom stereocenters. The van der Waals surface area contributed by atoms with E-state index in [9.17, 15) is 27.9 Å². The van der Waals surface area contributed by atoms with Crippen LogP contribution in [0.3, 0.4) is 0 Å². The predicted octanol–water partition coefficient (Wildman–Crippen LogP) is 6.60. The fourth-order valence-electron chi connectivity index (χ4n) is 4.47. The van der Waals surface area contributed by atoms with Crippen LogP contribution in [0, 0.1) is 6.92 Å². The number of carboxylic acid groups (broad SMARTS) is 1. The fourth-order valence-corrected chi connectivity index (χ4v) is 5.03. The van der Waals surface area contributed by atoms with E-state index in [1.54, 1.807) is 31.2 Å². The molecule has 0 aliphatic rings. The van der Waals surface area contributed by atoms with Crippen molar-refractivity contribution in [2.45, 2.75) is 38.6 Å². The van der Waals surface area contributed by atoms with Crippen LogP contribution in [0.5, 0.6) is 0 Å². The van der Waals surface area contributed by atoms with Gasteiger partial charge in [0.15, 0.2) is 5.60 Å². The Balaban J connectivity index is 1.67. The number of aliphatic hydroxyl groups is 1. The predicted molar refractivity (Wildman–Crippen MR) is 155 cm³/mol. The average molecular weight is 623 g/mol. The minimum Gasteiger partial charge on any atom is -0.478 e. The lowest BCUT2D eigenvalue weighted by Gasteiger charge is -2.38. The van der Waals surface area contributed by atoms with E-state index in [0.717, 1.165) is 4.90 Å². The Morgan fingerprint density at radius 3 is 2.24 bits per heavy atom. The van der Waals surface area contributed by atoms with Crippen molar-refractivity contribution in [3.63, 3.8) is 0 Å². The van der Waals surface area contributed by atoms with Crippen LogP contribution in [0.15, 0.2) is 60.8 Å². The van der Waals surface area contributed by atoms with E-state index in [1.165, 1.54) is 55.1 Å². The summed E-state index contributed by atoms with van der Waals surface area (Å²) in [5.41, 5.74) is -1.37. The molecule has 1 aromatic heterocycles. The molecule has 0 bridgehead atoms. The number of halogens is 5. The highest BCUT2D eigenvalue weighted by molar-refractivity contribution is 6.39. The summed E-state index contributed by atoms with van der Waals surface area (Å²) in [6.07, 6.45) is -3.67. The first-order valence-corrected chi connectivity index (χ1v) is 13.5. The Bertz CT molecular complexity index is 1620. The number of amides is 1. The molecule has 0 spiro atoms. The summed E-state index contributed by atoms with van der Waals surface area (Å²) < 4.78 is 44.8. The number of aryl methyl sites for hydroxylation is 1. The number of nitrogens with one attached hydrogen (secondary N) is 1. The van der Waals surface area contributed by atoms with Crippen LogP contribution >= 0.6 is 23.2 Å². The zero-order valence-electron chi connectivity index (χ0n) is 22.7. The number of anilines is 1. The highest BCUT2D eigenvalue weighted by Crippen LogP contribution is 2.35. The van der Waals surface area contributed by atoms with Crippen molar-refractivity contribution in [3.8, 4) is 5.69 Å². The van der Waals surface area contributed by atoms with Crippen molar-refractivity contribution in [3.05, 3.63) is 87.5 Å². The van der Waals surface area contributed by atoms with Gasteiger partial charge >= 0.3 is 12.1 Å². The van der Waals surface area contributed by atoms with E-state index >= 15 is 0 Å². The minimum atomic E-state index is -5.13. The third-order valence-electron chi connectivity index (χ3n) is 6.78. The lowest BCUT2D eigenvalue weighted by Crippen LogP contribution is -2.59. The summed E-state index contributed by atoms with van der Waals surface area (Å²) in [6.45, 7) is 2.71. The van der Waals surface area contributed by atoms with Gasteiger partial charge in [0.25, 0.3) is 5.91 Å². The molecule has 1 amide bonds. The number of nitrogens with zero attached hydrogens (tertiary/aromatic N) is 3. The molecule has 0 saturated heterocycles. The number of hydrogen-bond acceptors (Lipinski definition) is 5. The number of carbonyl (C=O) groups is 2. The summed E-state index contributed by atoms with van der Waals surface area (Å²) in [5.74, 6) is -1.93. The van der Waals surface area contributed by atoms with Crippen LogP contribution in [0.4, 0.5) is 18.9 Å². The summed E-state index contributed by atoms with van der Waals surface area (Å²) in [7, 11) is 0. The molecule has 0 fully saturated rings. The zero-order chi connectivity index (χ0) is 31.0. The van der Waals surface area contributed by atoms with Crippen LogP contribution < -0.4 is 5.32 Å². The molecule has 0 saturated carbocycles. The Labute approximate surface area is 249 Å². The number of rotatable bonds is 9. The van der Waals surface area contributed by atoms with Crippen LogP contribution in [0.25, 0.3) is 16.6 Å². The highest BCUT2D eigenvalue weighted by atomic mass is 35.5. The topological polar surface area (TPSA) is 108 Å². The number of aromatic nitrogens is 2. The quantitative estimate of drug-likeness (QED) is 0.194. The van der Waals surface area contributed by atoms with Gasteiger partial charge in [0.05, 0.1) is 51.7 Å². The van der Waals surface area contributed by atoms with E-state index in [-0.39, 0.29) is 26.9 Å². The number of benzene rings is 3. The lowest BCUT2D eigenvalue weighted by molar-refractivity contribution is -0.258. The van der Waals surface area contributed by atoms with Gasteiger partial charge in [-0.15, -0.1) is 0 Å². The Hall–Kier alpha value is -3.80. The first-order chi connectivity index (χ1) is 19.6. The third kappa shape index (κ3) is 6.18. The van der Waals surface area contributed by atoms with Crippen LogP contribution in [-0.4, -0.2) is 67.7 Å². The maximum Gasteiger partial charge on any atom is 0.420 e. The third-order valence-corrected chi connectivity index (χ3v) is 7.41. The van der Waals surface area contributed by atoms with Crippen molar-refractivity contribution in [1.29, 1.82) is 0 Å². The molecule has 13 heteroatoms. The Kier molecular flexibility index (Phi) is 8.77. The number of carbonyl (C=O) groups excluding carboxylic acids is 1. The largest absolute Gasteiger partial charge is 0.478 e. The van der Waals surface area contributed by atoms with Crippen LogP contribution in [-0.2, 0) is 0 Å². The second-order valence-electron chi connectivity index (χ2n) is 10.2. The lowest BCUT2D eigenvalue weighted by atomic mass is 10.00. The van der Waals surface area contributed by atoms with E-state index in [1.807, 2.05) is 0 Å². The van der Waals surface area contributed by atoms with Gasteiger partial charge < -0.3 is 20.4 Å². The van der Waals surface area contributed by atoms with Gasteiger partial charge in [-0.3, -0.25) is 4.79 Å². The number of aromatic carboxylic acids is 1. The molecule has 42 heavy (non-hydrogen) atoms. The molecule has 3 N–H and O–H groups in total. The first kappa shape index (κ1) is 31.1. The molecular formula is C29H27Cl2F3N4O4. The molecule has 0 aliphatic carbocycles. The summed E-state index contributed by atoms with van der Waals surface area (Å²) >= 11 is 12.3. The minimum absolute atomic E-state index is 0.0245. The molecule has 4 aromatic rings. The molecule has 1 unspecified atom stereocenters. The van der Waals surface area contributed by atoms with Gasteiger partial charge in [-0.25, -0.2) is 9.48 Å². The number of hydrogen-bond donors (Lipinski definition) is 3. The Morgan fingerprint density at radius 2 is 1.69 bits per heavy atom. The van der Waals surface area contributed by atoms with Gasteiger partial charge in [-0.2, -0.15) is 18.3 Å². The molecular weight excluding hydrogens is 596 g/mol. The van der Waals surface area contributed by atoms with Gasteiger partial charge in [0, 0.05) is 17.1 Å². The number of alkyl halides is 3. The first-order valence-electron chi connectivity index (χ1n) is 12.7. The van der Waals surface area contributed by atoms with Gasteiger partial charge in [-0.05, 0) is 74.9 Å². The summed E-state index contributed by atoms with van der Waals surface area (Å²) in [6, 6.07) is 12.9. The van der Waals surface area contributed by atoms with E-state index < -0.39 is 42.8 Å². The van der Waals surface area contributed by atoms with Crippen molar-refractivity contribution in [2.75, 3.05) is 18.4 Å². The van der Waals surface area contributed by atoms with Gasteiger partial charge in [0.2, 0.25) is 0 Å². The second-order valence-corrected chi connectivity index (χ2v) is 11.0. The SMILES string of the molecule is Cc1cc(NCC(O)(CN(C(=O)c2c(Cl)cccc2Cl)C(C)C)C(F)(F)F)c2cnn(-c3ccc(C(=O)O)cc3)c2c1. The van der Waals surface area contributed by atoms with E-state index in [0.29, 0.717) is 22.2 Å². The van der Waals surface area contributed by atoms with Gasteiger partial charge in [0.1, 0.15) is 0 Å². The maximum atomic E-state index is 14.4. The van der Waals surface area contributed by atoms with Crippen molar-refractivity contribution in [1.82, 2.24) is 14.7 Å². The highest BCUT2D eigenvalue weighted by Gasteiger charge is 2.55. The van der Waals surface area contributed by atoms with E-state index in [4.69, 9.17) is 28.3 Å². The molecule has 1 heterocycles. The molecule has 4 rings (SSSR count). The van der Waals surface area contributed by atoms with Crippen molar-refractivity contribution < 1.29 is 33.0 Å². The number of carboxylic acids is 1. The van der Waals surface area contributed by atoms with Crippen LogP contribution in [0.1, 0.15) is 40.1 Å². The monoisotopic (exact) mass is 622 g/mol. The normalized spacial score (nSPS) is 13.3. The smallest absolute Gasteiger partial charge is 0.420 e. The second kappa shape index (κ2) is 11.8. The molecule has 222 valence electrons. The average Bonchev–Trinajstić information content (AvgIpc) is 3.33. The number of fused-ring (bicyclic) bond motifs is 1. The fraction of sp³-hybridized carbons (Fsp3) is 0.276. The summed E-state index contributed by atoms with van der Waals surface area (Å²) in [4.78, 5) is 25.4. The van der Waals surface area contributed by atoms with Gasteiger partial charge in [-0.1, -0.05) is 29.3 Å². The maximum absolute atomic E-state index is 14.4. The van der Waals surface area contributed by atoms with Crippen molar-refractivity contribution in [2.24, 2.45) is 0 Å². The molecule has 8 nitrogen and oxygen atoms in total. The van der Waals surface area contributed by atoms with E-state index in [2.05, 4.69) is 10.4 Å². The molecule has 3 aromatic carbocycles. The Morgan fingerprint density at radius 1 is 1.07 bits per heavy atom. The standard InChI is InChI=1S/C29H27Cl2F3N4O4/c1-16(2)37(26(39)25-21(30)5-4-6-22(25)31)15-28(42,29(32,33)34)14-35-23-11-17(3)12-24-20(23)13-36-38(24)19-9-7-18(8-10-19)27(40)41/h4-13,16,35,42H,14-15H2,1-3H3,(H,40,41). The van der Waals surface area contributed by atoms with Crippen LogP contribution in [0.2, 0.25) is 10.0 Å². The summed E-state index contributed by atoms with van der Waals surface area (Å²) in [5, 5.41) is 27.7. The molecule has 0 radical (unpaired) electrons.